The molecule has 0 aliphatic carbocycles. The SMILES string of the molecule is COc1cc(OC)cc(/C(=C\C#N)c2ccc3ncc(-c4cnn(C)c4)cc3c2)c1. The molecule has 0 unspecified atom stereocenters. The van der Waals surface area contributed by atoms with Crippen molar-refractivity contribution in [3.8, 4) is 28.7 Å². The molecule has 0 aliphatic rings. The van der Waals surface area contributed by atoms with E-state index in [0.29, 0.717) is 11.5 Å². The quantitative estimate of drug-likeness (QED) is 0.461. The van der Waals surface area contributed by atoms with Gasteiger partial charge in [-0.2, -0.15) is 10.4 Å². The Morgan fingerprint density at radius 3 is 2.37 bits per heavy atom. The van der Waals surface area contributed by atoms with Gasteiger partial charge in [-0.15, -0.1) is 0 Å². The number of ether oxygens (including phenoxy) is 2. The van der Waals surface area contributed by atoms with E-state index in [1.54, 1.807) is 25.0 Å². The van der Waals surface area contributed by atoms with Crippen molar-refractivity contribution in [2.45, 2.75) is 0 Å². The molecule has 0 saturated heterocycles. The summed E-state index contributed by atoms with van der Waals surface area (Å²) in [5.74, 6) is 1.32. The van der Waals surface area contributed by atoms with Gasteiger partial charge in [-0.05, 0) is 47.0 Å². The van der Waals surface area contributed by atoms with Crippen molar-refractivity contribution in [1.82, 2.24) is 14.8 Å². The zero-order valence-electron chi connectivity index (χ0n) is 17.0. The van der Waals surface area contributed by atoms with Gasteiger partial charge in [0.25, 0.3) is 0 Å². The molecule has 6 nitrogen and oxygen atoms in total. The van der Waals surface area contributed by atoms with Crippen LogP contribution in [-0.2, 0) is 7.05 Å². The Balaban J connectivity index is 1.83. The molecule has 0 radical (unpaired) electrons. The number of nitrogens with zero attached hydrogens (tertiary/aromatic N) is 4. The first-order valence-corrected chi connectivity index (χ1v) is 9.33. The van der Waals surface area contributed by atoms with Crippen LogP contribution in [0.4, 0.5) is 0 Å². The van der Waals surface area contributed by atoms with Gasteiger partial charge in [0.05, 0.1) is 32.0 Å². The number of aromatic nitrogens is 3. The van der Waals surface area contributed by atoms with E-state index in [9.17, 15) is 5.26 Å². The lowest BCUT2D eigenvalue weighted by Gasteiger charge is -2.12. The smallest absolute Gasteiger partial charge is 0.123 e. The maximum absolute atomic E-state index is 9.41. The van der Waals surface area contributed by atoms with E-state index >= 15 is 0 Å². The molecule has 148 valence electrons. The predicted molar refractivity (Wildman–Crippen MR) is 116 cm³/mol. The van der Waals surface area contributed by atoms with Gasteiger partial charge in [-0.25, -0.2) is 0 Å². The molecule has 4 aromatic rings. The second-order valence-corrected chi connectivity index (χ2v) is 6.82. The van der Waals surface area contributed by atoms with E-state index in [0.717, 1.165) is 38.7 Å². The third-order valence-electron chi connectivity index (χ3n) is 4.90. The van der Waals surface area contributed by atoms with Crippen LogP contribution in [0.1, 0.15) is 11.1 Å². The Labute approximate surface area is 174 Å². The van der Waals surface area contributed by atoms with Crippen molar-refractivity contribution < 1.29 is 9.47 Å². The van der Waals surface area contributed by atoms with Crippen molar-refractivity contribution in [3.63, 3.8) is 0 Å². The number of rotatable bonds is 5. The van der Waals surface area contributed by atoms with E-state index in [4.69, 9.17) is 9.47 Å². The lowest BCUT2D eigenvalue weighted by molar-refractivity contribution is 0.394. The number of hydrogen-bond donors (Lipinski definition) is 0. The first kappa shape index (κ1) is 19.2. The van der Waals surface area contributed by atoms with Gasteiger partial charge < -0.3 is 9.47 Å². The summed E-state index contributed by atoms with van der Waals surface area (Å²) in [6, 6.07) is 15.8. The zero-order valence-corrected chi connectivity index (χ0v) is 17.0. The number of allylic oxidation sites excluding steroid dienone is 1. The monoisotopic (exact) mass is 396 g/mol. The molecule has 0 atom stereocenters. The highest BCUT2D eigenvalue weighted by atomic mass is 16.5. The second kappa shape index (κ2) is 8.10. The molecule has 0 fully saturated rings. The van der Waals surface area contributed by atoms with Gasteiger partial charge in [-0.1, -0.05) is 6.07 Å². The van der Waals surface area contributed by atoms with Crippen LogP contribution in [0.15, 0.2) is 67.1 Å². The summed E-state index contributed by atoms with van der Waals surface area (Å²) < 4.78 is 12.5. The molecule has 0 amide bonds. The first-order valence-electron chi connectivity index (χ1n) is 9.33. The van der Waals surface area contributed by atoms with Crippen LogP contribution in [0, 0.1) is 11.3 Å². The Bertz CT molecular complexity index is 1280. The number of benzene rings is 2. The maximum atomic E-state index is 9.41. The predicted octanol–water partition coefficient (Wildman–Crippen LogP) is 4.61. The maximum Gasteiger partial charge on any atom is 0.123 e. The van der Waals surface area contributed by atoms with Crippen LogP contribution >= 0.6 is 0 Å². The topological polar surface area (TPSA) is 73.0 Å². The van der Waals surface area contributed by atoms with E-state index in [2.05, 4.69) is 22.2 Å². The van der Waals surface area contributed by atoms with E-state index < -0.39 is 0 Å². The van der Waals surface area contributed by atoms with Crippen LogP contribution in [0.5, 0.6) is 11.5 Å². The highest BCUT2D eigenvalue weighted by Gasteiger charge is 2.11. The van der Waals surface area contributed by atoms with E-state index in [1.807, 2.05) is 56.0 Å². The van der Waals surface area contributed by atoms with Crippen molar-refractivity contribution >= 4 is 16.5 Å². The molecule has 2 aromatic carbocycles. The standard InChI is InChI=1S/C24H20N4O2/c1-28-15-20(14-27-28)19-9-18-8-16(4-5-24(18)26-13-19)23(6-7-25)17-10-21(29-2)12-22(11-17)30-3/h4-6,8-15H,1-3H3/b23-6-. The van der Waals surface area contributed by atoms with Gasteiger partial charge in [-0.3, -0.25) is 9.67 Å². The lowest BCUT2D eigenvalue weighted by Crippen LogP contribution is -1.93. The normalized spacial score (nSPS) is 11.3. The van der Waals surface area contributed by atoms with Crippen LogP contribution < -0.4 is 9.47 Å². The molecule has 0 saturated carbocycles. The van der Waals surface area contributed by atoms with Crippen molar-refractivity contribution in [3.05, 3.63) is 78.3 Å². The molecule has 0 aliphatic heterocycles. The summed E-state index contributed by atoms with van der Waals surface area (Å²) in [7, 11) is 5.10. The van der Waals surface area contributed by atoms with Crippen LogP contribution in [0.25, 0.3) is 27.6 Å². The Hall–Kier alpha value is -4.11. The molecule has 2 aromatic heterocycles. The van der Waals surface area contributed by atoms with Gasteiger partial charge in [0.15, 0.2) is 0 Å². The number of aryl methyl sites for hydroxylation is 1. The largest absolute Gasteiger partial charge is 0.497 e. The van der Waals surface area contributed by atoms with E-state index in [1.165, 1.54) is 6.08 Å². The van der Waals surface area contributed by atoms with Crippen molar-refractivity contribution in [2.24, 2.45) is 7.05 Å². The molecule has 6 heteroatoms. The molecule has 0 bridgehead atoms. The Morgan fingerprint density at radius 1 is 0.967 bits per heavy atom. The van der Waals surface area contributed by atoms with Crippen LogP contribution in [0.2, 0.25) is 0 Å². The summed E-state index contributed by atoms with van der Waals surface area (Å²) in [4.78, 5) is 4.58. The lowest BCUT2D eigenvalue weighted by atomic mass is 9.95. The summed E-state index contributed by atoms with van der Waals surface area (Å²) >= 11 is 0. The van der Waals surface area contributed by atoms with Gasteiger partial charge >= 0.3 is 0 Å². The fourth-order valence-electron chi connectivity index (χ4n) is 3.39. The number of hydrogen-bond acceptors (Lipinski definition) is 5. The minimum atomic E-state index is 0.662. The third kappa shape index (κ3) is 3.74. The molecule has 4 rings (SSSR count). The molecular weight excluding hydrogens is 376 g/mol. The zero-order chi connectivity index (χ0) is 21.1. The minimum absolute atomic E-state index is 0.662. The average Bonchev–Trinajstić information content (AvgIpc) is 3.22. The molecule has 0 N–H and O–H groups in total. The number of pyridine rings is 1. The van der Waals surface area contributed by atoms with E-state index in [-0.39, 0.29) is 0 Å². The second-order valence-electron chi connectivity index (χ2n) is 6.82. The summed E-state index contributed by atoms with van der Waals surface area (Å²) in [6.45, 7) is 0. The van der Waals surface area contributed by atoms with Crippen molar-refractivity contribution in [1.29, 1.82) is 5.26 Å². The molecule has 30 heavy (non-hydrogen) atoms. The Kier molecular flexibility index (Phi) is 5.19. The fourth-order valence-corrected chi connectivity index (χ4v) is 3.39. The minimum Gasteiger partial charge on any atom is -0.497 e. The molecule has 2 heterocycles. The van der Waals surface area contributed by atoms with Gasteiger partial charge in [0.2, 0.25) is 0 Å². The number of nitriles is 1. The van der Waals surface area contributed by atoms with Gasteiger partial charge in [0, 0.05) is 48.1 Å². The third-order valence-corrected chi connectivity index (χ3v) is 4.90. The average molecular weight is 396 g/mol. The first-order chi connectivity index (χ1) is 14.6. The number of methoxy groups -OCH3 is 2. The number of fused-ring (bicyclic) bond motifs is 1. The van der Waals surface area contributed by atoms with Crippen LogP contribution in [0.3, 0.4) is 0 Å². The summed E-state index contributed by atoms with van der Waals surface area (Å²) in [5.41, 5.74) is 5.39. The molecular formula is C24H20N4O2. The van der Waals surface area contributed by atoms with Gasteiger partial charge in [0.1, 0.15) is 11.5 Å². The Morgan fingerprint density at radius 2 is 1.73 bits per heavy atom. The highest BCUT2D eigenvalue weighted by Crippen LogP contribution is 2.32. The summed E-state index contributed by atoms with van der Waals surface area (Å²) in [6.07, 6.45) is 7.15. The van der Waals surface area contributed by atoms with Crippen molar-refractivity contribution in [2.75, 3.05) is 14.2 Å². The fraction of sp³-hybridized carbons (Fsp3) is 0.125. The van der Waals surface area contributed by atoms with Crippen LogP contribution in [-0.4, -0.2) is 29.0 Å². The molecule has 0 spiro atoms. The highest BCUT2D eigenvalue weighted by molar-refractivity contribution is 5.90. The summed E-state index contributed by atoms with van der Waals surface area (Å²) in [5, 5.41) is 14.6.